The van der Waals surface area contributed by atoms with Crippen LogP contribution in [0.5, 0.6) is 0 Å². The van der Waals surface area contributed by atoms with Gasteiger partial charge in [0.05, 0.1) is 26.4 Å². The molecule has 0 aromatic carbocycles. The van der Waals surface area contributed by atoms with Gasteiger partial charge in [-0.05, 0) is 51.3 Å². The van der Waals surface area contributed by atoms with Gasteiger partial charge in [-0.15, -0.1) is 0 Å². The molecule has 3 N–H and O–H groups in total. The molecule has 26 heavy (non-hydrogen) atoms. The van der Waals surface area contributed by atoms with Gasteiger partial charge in [-0.2, -0.15) is 0 Å². The second-order valence-electron chi connectivity index (χ2n) is 3.99. The summed E-state index contributed by atoms with van der Waals surface area (Å²) < 4.78 is 26.9. The van der Waals surface area contributed by atoms with Crippen LogP contribution in [0.3, 0.4) is 0 Å². The van der Waals surface area contributed by atoms with E-state index in [-0.39, 0.29) is 27.3 Å². The maximum atomic E-state index is 8.78. The summed E-state index contributed by atoms with van der Waals surface area (Å²) in [6.45, 7) is 7.45. The van der Waals surface area contributed by atoms with E-state index in [9.17, 15) is 0 Å². The first-order chi connectivity index (χ1) is 11.6. The van der Waals surface area contributed by atoms with E-state index in [2.05, 4.69) is 19.6 Å². The Morgan fingerprint density at radius 1 is 0.808 bits per heavy atom. The van der Waals surface area contributed by atoms with Crippen LogP contribution in [0.15, 0.2) is 0 Å². The van der Waals surface area contributed by atoms with Crippen LogP contribution in [0.4, 0.5) is 4.79 Å². The smallest absolute Gasteiger partial charge is 0.402 e. The first-order valence-electron chi connectivity index (χ1n) is 8.07. The average molecular weight is 554 g/mol. The van der Waals surface area contributed by atoms with Crippen LogP contribution in [0, 0.1) is 0 Å². The van der Waals surface area contributed by atoms with Crippen molar-refractivity contribution in [3.8, 4) is 0 Å². The molecule has 0 unspecified atom stereocenters. The van der Waals surface area contributed by atoms with Gasteiger partial charge in [0.1, 0.15) is 0 Å². The zero-order valence-electron chi connectivity index (χ0n) is 16.6. The summed E-state index contributed by atoms with van der Waals surface area (Å²) in [5.41, 5.74) is 4.03. The molecule has 8 nitrogen and oxygen atoms in total. The quantitative estimate of drug-likeness (QED) is 0.269. The predicted molar refractivity (Wildman–Crippen MR) is 109 cm³/mol. The van der Waals surface area contributed by atoms with Gasteiger partial charge in [-0.25, -0.2) is 9.11 Å². The van der Waals surface area contributed by atoms with Crippen LogP contribution in [-0.4, -0.2) is 37.6 Å². The van der Waals surface area contributed by atoms with Crippen molar-refractivity contribution in [1.82, 2.24) is 0 Å². The minimum absolute atomic E-state index is 0. The number of primary amides is 1. The number of rotatable bonds is 11. The van der Waals surface area contributed by atoms with Crippen LogP contribution >= 0.6 is 13.4 Å². The van der Waals surface area contributed by atoms with Crippen LogP contribution in [0.2, 0.25) is 0 Å². The molecule has 0 aliphatic heterocycles. The number of carboxylic acid groups (broad SMARTS) is 1. The van der Waals surface area contributed by atoms with Crippen molar-refractivity contribution in [3.63, 3.8) is 0 Å². The Kier molecular flexibility index (Phi) is 30.2. The topological polar surface area (TPSA) is 109 Å². The number of hydrogen-bond donors (Lipinski definition) is 2. The Morgan fingerprint density at radius 3 is 1.12 bits per heavy atom. The molecule has 0 bridgehead atoms. The Balaban J connectivity index is -0.000000226. The van der Waals surface area contributed by atoms with E-state index in [1.807, 2.05) is 27.7 Å². The Bertz CT molecular complexity index is 366. The maximum absolute atomic E-state index is 8.78. The molecule has 156 valence electrons. The van der Waals surface area contributed by atoms with E-state index in [0.29, 0.717) is 26.4 Å². The summed E-state index contributed by atoms with van der Waals surface area (Å²) in [6, 6.07) is 0. The fourth-order valence-corrected chi connectivity index (χ4v) is 7.30. The van der Waals surface area contributed by atoms with Gasteiger partial charge in [-0.3, -0.25) is 0 Å². The summed E-state index contributed by atoms with van der Waals surface area (Å²) >= 11 is 10.4. The predicted octanol–water partition coefficient (Wildman–Crippen LogP) is 5.03. The SMILES string of the molecule is CCCC.CCOP(=S)(OCC)OP(=S)(OCC)OCC.NC(=O)O.[Cd]. The third-order valence-electron chi connectivity index (χ3n) is 1.85. The monoisotopic (exact) mass is 555 g/mol. The van der Waals surface area contributed by atoms with E-state index in [1.165, 1.54) is 12.8 Å². The molecule has 0 aliphatic carbocycles. The van der Waals surface area contributed by atoms with Crippen molar-refractivity contribution < 1.29 is 59.6 Å². The van der Waals surface area contributed by atoms with Crippen LogP contribution in [-0.2, 0) is 73.3 Å². The molecule has 0 saturated carbocycles. The van der Waals surface area contributed by atoms with Crippen LogP contribution in [0.25, 0.3) is 0 Å². The molecule has 0 fully saturated rings. The molecular formula is C13H33CdNO7P2S2. The van der Waals surface area contributed by atoms with Gasteiger partial charge in [0.25, 0.3) is 0 Å². The number of amides is 1. The van der Waals surface area contributed by atoms with Crippen molar-refractivity contribution in [3.05, 3.63) is 0 Å². The molecule has 13 heteroatoms. The number of nitrogens with two attached hydrogens (primary N) is 1. The maximum Gasteiger partial charge on any atom is 0.402 e. The fraction of sp³-hybridized carbons (Fsp3) is 0.923. The molecule has 0 aromatic heterocycles. The van der Waals surface area contributed by atoms with Crippen molar-refractivity contribution >= 4 is 43.1 Å². The van der Waals surface area contributed by atoms with E-state index in [4.69, 9.17) is 55.9 Å². The van der Waals surface area contributed by atoms with E-state index in [0.717, 1.165) is 0 Å². The number of carbonyl (C=O) groups is 1. The zero-order valence-corrected chi connectivity index (χ0v) is 24.1. The molecular weight excluding hydrogens is 521 g/mol. The zero-order chi connectivity index (χ0) is 20.4. The minimum atomic E-state index is -2.87. The van der Waals surface area contributed by atoms with E-state index in [1.54, 1.807) is 0 Å². The molecule has 0 spiro atoms. The standard InChI is InChI=1S/C8H20O5P2S2.C4H10.CH3NO2.Cd/c1-5-9-14(16,10-6-2)13-15(17,11-7-3)12-8-4;1-3-4-2;2-1(3)4;/h5-8H2,1-4H3;3-4H2,1-2H3;2H2,(H,3,4);. The van der Waals surface area contributed by atoms with Gasteiger partial charge in [0.15, 0.2) is 0 Å². The van der Waals surface area contributed by atoms with Gasteiger partial charge < -0.3 is 28.9 Å². The Morgan fingerprint density at radius 2 is 1.00 bits per heavy atom. The summed E-state index contributed by atoms with van der Waals surface area (Å²) in [4.78, 5) is 8.78. The first kappa shape index (κ1) is 34.8. The molecule has 0 heterocycles. The molecule has 0 radical (unpaired) electrons. The Labute approximate surface area is 188 Å². The molecule has 0 aromatic rings. The van der Waals surface area contributed by atoms with Crippen molar-refractivity contribution in [1.29, 1.82) is 0 Å². The summed E-state index contributed by atoms with van der Waals surface area (Å²) in [6.07, 6.45) is 1.31. The Hall–Kier alpha value is 1.29. The van der Waals surface area contributed by atoms with Crippen molar-refractivity contribution in [2.24, 2.45) is 5.73 Å². The summed E-state index contributed by atoms with van der Waals surface area (Å²) in [5.74, 6) is 0. The fourth-order valence-electron chi connectivity index (χ4n) is 0.924. The molecule has 0 atom stereocenters. The largest absolute Gasteiger partial charge is 0.465 e. The van der Waals surface area contributed by atoms with Crippen LogP contribution in [0.1, 0.15) is 54.4 Å². The number of unbranched alkanes of at least 4 members (excludes halogenated alkanes) is 1. The van der Waals surface area contributed by atoms with E-state index >= 15 is 0 Å². The second kappa shape index (κ2) is 22.6. The minimum Gasteiger partial charge on any atom is -0.465 e. The van der Waals surface area contributed by atoms with Gasteiger partial charge in [0, 0.05) is 27.3 Å². The van der Waals surface area contributed by atoms with Crippen molar-refractivity contribution in [2.75, 3.05) is 26.4 Å². The van der Waals surface area contributed by atoms with E-state index < -0.39 is 19.5 Å². The average Bonchev–Trinajstić information content (AvgIpc) is 2.47. The summed E-state index contributed by atoms with van der Waals surface area (Å²) in [5, 5.41) is 7.19. The third kappa shape index (κ3) is 25.3. The normalized spacial score (nSPS) is 10.5. The van der Waals surface area contributed by atoms with Gasteiger partial charge in [0.2, 0.25) is 0 Å². The number of hydrogen-bond acceptors (Lipinski definition) is 8. The first-order valence-corrected chi connectivity index (χ1v) is 13.2. The third-order valence-corrected chi connectivity index (χ3v) is 8.21. The van der Waals surface area contributed by atoms with Crippen LogP contribution < -0.4 is 5.73 Å². The van der Waals surface area contributed by atoms with Gasteiger partial charge in [-0.1, -0.05) is 26.7 Å². The molecule has 1 amide bonds. The molecule has 0 rings (SSSR count). The summed E-state index contributed by atoms with van der Waals surface area (Å²) in [7, 11) is 0. The molecule has 0 aliphatic rings. The van der Waals surface area contributed by atoms with Crippen molar-refractivity contribution in [2.45, 2.75) is 54.4 Å². The van der Waals surface area contributed by atoms with Gasteiger partial charge >= 0.3 is 19.5 Å². The second-order valence-corrected chi connectivity index (χ2v) is 10.1. The molecule has 0 saturated heterocycles.